The van der Waals surface area contributed by atoms with Crippen molar-refractivity contribution in [1.82, 2.24) is 39.5 Å². The lowest BCUT2D eigenvalue weighted by Crippen LogP contribution is -2.54. The number of esters is 2. The zero-order valence-corrected chi connectivity index (χ0v) is 69.8. The van der Waals surface area contributed by atoms with E-state index in [0.29, 0.717) is 267 Å². The van der Waals surface area contributed by atoms with Crippen LogP contribution in [0.25, 0.3) is 0 Å². The minimum absolute atomic E-state index is 0.00638. The maximum absolute atomic E-state index is 14.0. The minimum Gasteiger partial charge on any atom is -0.462 e. The van der Waals surface area contributed by atoms with Crippen LogP contribution in [-0.4, -0.2) is 296 Å². The number of carbonyl (C=O) groups excluding carboxylic acids is 5. The van der Waals surface area contributed by atoms with Gasteiger partial charge in [0.1, 0.15) is 13.2 Å². The van der Waals surface area contributed by atoms with Crippen LogP contribution in [-0.2, 0) is 110 Å². The van der Waals surface area contributed by atoms with Gasteiger partial charge in [0.2, 0.25) is 0 Å². The minimum atomic E-state index is -0.671. The number of carbonyl (C=O) groups is 5. The Morgan fingerprint density at radius 3 is 0.885 bits per heavy atom. The Balaban J connectivity index is 1.30. The Hall–Kier alpha value is -5.40. The normalized spacial score (nSPS) is 15.5. The van der Waals surface area contributed by atoms with Crippen molar-refractivity contribution in [2.45, 2.75) is 251 Å². The number of nitrogens with one attached hydrogen (secondary N) is 3. The number of alkyl carbamates (subject to hydrolysis) is 3. The van der Waals surface area contributed by atoms with Gasteiger partial charge in [0.25, 0.3) is 0 Å². The molecule has 1 aromatic heterocycles. The van der Waals surface area contributed by atoms with E-state index in [9.17, 15) is 38.4 Å². The van der Waals surface area contributed by atoms with E-state index >= 15 is 0 Å². The van der Waals surface area contributed by atoms with Crippen molar-refractivity contribution in [3.8, 4) is 0 Å². The first-order valence-corrected chi connectivity index (χ1v) is 42.6. The zero-order chi connectivity index (χ0) is 81.5. The molecule has 0 aliphatic carbocycles. The first-order chi connectivity index (χ1) is 55.3. The molecule has 2 saturated heterocycles. The highest BCUT2D eigenvalue weighted by atomic mass is 16.7. The van der Waals surface area contributed by atoms with Crippen LogP contribution >= 0.6 is 0 Å². The van der Waals surface area contributed by atoms with Gasteiger partial charge in [0, 0.05) is 97.5 Å². The van der Waals surface area contributed by atoms with Crippen molar-refractivity contribution in [2.75, 3.05) is 218 Å². The first kappa shape index (κ1) is 102. The van der Waals surface area contributed by atoms with E-state index in [1.807, 2.05) is 0 Å². The second kappa shape index (κ2) is 71.9. The number of hydrogen-bond donors (Lipinski definition) is 3. The molecule has 0 radical (unpaired) electrons. The molecule has 3 N–H and O–H groups in total. The number of ether oxygens (including phenoxy) is 17. The summed E-state index contributed by atoms with van der Waals surface area (Å²) in [5.74, 6) is -0.574. The molecule has 0 spiro atoms. The van der Waals surface area contributed by atoms with Gasteiger partial charge in [0.05, 0.1) is 145 Å². The Morgan fingerprint density at radius 1 is 0.336 bits per heavy atom. The predicted molar refractivity (Wildman–Crippen MR) is 426 cm³/mol. The predicted octanol–water partition coefficient (Wildman–Crippen LogP) is 8.33. The van der Waals surface area contributed by atoms with Gasteiger partial charge in [-0.1, -0.05) is 129 Å². The topological polar surface area (TPSA) is 350 Å². The van der Waals surface area contributed by atoms with Crippen LogP contribution in [0.4, 0.5) is 14.4 Å². The molecule has 2 aliphatic heterocycles. The van der Waals surface area contributed by atoms with Gasteiger partial charge in [0.15, 0.2) is 19.0 Å². The highest BCUT2D eigenvalue weighted by Gasteiger charge is 2.34. The number of methoxy groups -OCH3 is 1. The zero-order valence-electron chi connectivity index (χ0n) is 69.8. The number of unbranched alkanes of at least 4 members (excludes halogenated alkanes) is 21. The number of nitrogens with zero attached hydrogens (tertiary/aromatic N) is 5. The smallest absolute Gasteiger partial charge is 0.409 e. The van der Waals surface area contributed by atoms with Crippen molar-refractivity contribution < 1.29 is 104 Å². The van der Waals surface area contributed by atoms with Crippen LogP contribution in [0.3, 0.4) is 0 Å². The van der Waals surface area contributed by atoms with E-state index in [1.54, 1.807) is 7.11 Å². The van der Waals surface area contributed by atoms with Gasteiger partial charge in [-0.2, -0.15) is 0 Å². The fraction of sp³-hybridized carbons (Fsp3) is 0.900. The van der Waals surface area contributed by atoms with E-state index < -0.39 is 47.6 Å². The highest BCUT2D eigenvalue weighted by Crippen LogP contribution is 2.20. The van der Waals surface area contributed by atoms with Crippen LogP contribution < -0.4 is 33.0 Å². The van der Waals surface area contributed by atoms with Gasteiger partial charge in [-0.25, -0.2) is 42.5 Å². The molecule has 2 fully saturated rings. The fourth-order valence-electron chi connectivity index (χ4n) is 11.8. The van der Waals surface area contributed by atoms with Crippen LogP contribution in [0.5, 0.6) is 0 Å². The summed E-state index contributed by atoms with van der Waals surface area (Å²) in [6, 6.07) is 0.750. The molecule has 3 amide bonds. The lowest BCUT2D eigenvalue weighted by molar-refractivity contribution is -0.147. The SMILES string of the molecule is CCCCCCCCCC(=O)OCC(CN1CC1C)OC(=O)NCCCCCCn1c(=O)n(CCCCCCNC(=O)OCOCCOCCOCCOCCOCCOCCOCCOCCOCCOCCOCCOC)c(=O)n(CCCCCCNC(=O)OC(COC(=O)CCCCCCCCC)CN2CC2C)c1=O. The van der Waals surface area contributed by atoms with Gasteiger partial charge in [-0.05, 0) is 65.2 Å². The molecule has 1 aromatic rings. The van der Waals surface area contributed by atoms with Gasteiger partial charge in [-0.15, -0.1) is 0 Å². The van der Waals surface area contributed by atoms with Crippen molar-refractivity contribution in [3.63, 3.8) is 0 Å². The Morgan fingerprint density at radius 2 is 0.593 bits per heavy atom. The van der Waals surface area contributed by atoms with Crippen LogP contribution in [0, 0.1) is 0 Å². The monoisotopic (exact) mass is 1620 g/mol. The number of amides is 3. The molecule has 3 heterocycles. The molecule has 658 valence electrons. The van der Waals surface area contributed by atoms with E-state index in [1.165, 1.54) is 51.4 Å². The average Bonchev–Trinajstić information content (AvgIpc) is 1.75. The van der Waals surface area contributed by atoms with Crippen molar-refractivity contribution in [1.29, 1.82) is 0 Å². The standard InChI is InChI=1S/C80H148N8O25/c1-6-8-10-12-14-16-24-32-73(89)109-66-71(64-84-62-69(84)3)112-76(92)82-35-27-19-22-30-38-87-78(94)86(79(95)88(80(87)96)39-31-23-20-28-36-83-77(93)113-72(65-85-63-70(85)4)67-110-74(90)33-25-17-15-13-11-9-7-2)37-29-21-18-26-34-81-75(91)111-68-108-61-60-107-59-58-106-57-56-105-55-54-104-53-52-103-51-50-102-49-48-101-47-46-100-45-44-99-43-42-98-41-40-97-5/h69-72H,6-68H2,1-5H3,(H,81,91)(H,82,92)(H,83,93). The van der Waals surface area contributed by atoms with E-state index in [0.717, 1.165) is 65.3 Å². The van der Waals surface area contributed by atoms with Crippen molar-refractivity contribution in [2.24, 2.45) is 0 Å². The summed E-state index contributed by atoms with van der Waals surface area (Å²) in [4.78, 5) is 109. The first-order valence-electron chi connectivity index (χ1n) is 42.6. The molecule has 0 aromatic carbocycles. The Labute approximate surface area is 672 Å². The summed E-state index contributed by atoms with van der Waals surface area (Å²) in [7, 11) is 1.64. The summed E-state index contributed by atoms with van der Waals surface area (Å²) in [6.07, 6.45) is 20.2. The fourth-order valence-corrected chi connectivity index (χ4v) is 11.8. The molecule has 6 unspecified atom stereocenters. The van der Waals surface area contributed by atoms with E-state index in [4.69, 9.17) is 80.5 Å². The Bertz CT molecular complexity index is 2580. The number of hydrogen-bond acceptors (Lipinski definition) is 27. The quantitative estimate of drug-likeness (QED) is 0.0181. The van der Waals surface area contributed by atoms with Gasteiger partial charge < -0.3 is 96.5 Å². The molecule has 33 nitrogen and oxygen atoms in total. The molecular weight excluding hydrogens is 1470 g/mol. The molecule has 6 atom stereocenters. The summed E-state index contributed by atoms with van der Waals surface area (Å²) in [5, 5.41) is 8.33. The van der Waals surface area contributed by atoms with E-state index in [-0.39, 0.29) is 64.8 Å². The Kier molecular flexibility index (Phi) is 64.7. The summed E-state index contributed by atoms with van der Waals surface area (Å²) >= 11 is 0. The van der Waals surface area contributed by atoms with Gasteiger partial charge in [-0.3, -0.25) is 19.4 Å². The maximum Gasteiger partial charge on any atom is 0.409 e. The second-order valence-electron chi connectivity index (χ2n) is 28.7. The molecule has 2 aliphatic rings. The van der Waals surface area contributed by atoms with Crippen LogP contribution in [0.15, 0.2) is 14.4 Å². The van der Waals surface area contributed by atoms with Crippen molar-refractivity contribution in [3.05, 3.63) is 31.5 Å². The molecule has 33 heteroatoms. The summed E-state index contributed by atoms with van der Waals surface area (Å²) in [5.41, 5.74) is -2.01. The largest absolute Gasteiger partial charge is 0.462 e. The third-order valence-electron chi connectivity index (χ3n) is 18.8. The van der Waals surface area contributed by atoms with Crippen LogP contribution in [0.2, 0.25) is 0 Å². The van der Waals surface area contributed by atoms with Crippen molar-refractivity contribution >= 4 is 30.2 Å². The molecule has 0 saturated carbocycles. The lowest BCUT2D eigenvalue weighted by Gasteiger charge is -2.19. The number of rotatable bonds is 82. The molecular formula is C80H148N8O25. The summed E-state index contributed by atoms with van der Waals surface area (Å²) < 4.78 is 96.2. The lowest BCUT2D eigenvalue weighted by atomic mass is 10.1. The third-order valence-corrected chi connectivity index (χ3v) is 18.8. The second-order valence-corrected chi connectivity index (χ2v) is 28.7. The highest BCUT2D eigenvalue weighted by molar-refractivity contribution is 5.70. The van der Waals surface area contributed by atoms with Crippen LogP contribution in [0.1, 0.15) is 207 Å². The molecule has 113 heavy (non-hydrogen) atoms. The molecule has 3 rings (SSSR count). The molecule has 0 bridgehead atoms. The van der Waals surface area contributed by atoms with E-state index in [2.05, 4.69) is 53.4 Å². The summed E-state index contributed by atoms with van der Waals surface area (Å²) in [6.45, 7) is 22.1. The number of aromatic nitrogens is 3. The third kappa shape index (κ3) is 58.2. The maximum atomic E-state index is 14.0. The van der Waals surface area contributed by atoms with Gasteiger partial charge >= 0.3 is 47.3 Å². The average molecular weight is 1620 g/mol.